The molecule has 1 fully saturated rings. The van der Waals surface area contributed by atoms with Crippen LogP contribution >= 0.6 is 0 Å². The van der Waals surface area contributed by atoms with Crippen molar-refractivity contribution in [1.29, 1.82) is 0 Å². The van der Waals surface area contributed by atoms with Crippen molar-refractivity contribution in [2.75, 3.05) is 20.1 Å². The maximum Gasteiger partial charge on any atom is 0.0220 e. The molecule has 1 unspecified atom stereocenters. The van der Waals surface area contributed by atoms with Gasteiger partial charge in [0.2, 0.25) is 0 Å². The van der Waals surface area contributed by atoms with E-state index in [0.717, 1.165) is 24.5 Å². The second kappa shape index (κ2) is 6.49. The van der Waals surface area contributed by atoms with Crippen molar-refractivity contribution < 1.29 is 0 Å². The van der Waals surface area contributed by atoms with E-state index in [1.54, 1.807) is 0 Å². The molecular weight excluding hydrogens is 184 g/mol. The molecule has 0 heterocycles. The Kier molecular flexibility index (Phi) is 5.62. The molecule has 1 aliphatic carbocycles. The van der Waals surface area contributed by atoms with Gasteiger partial charge < -0.3 is 5.32 Å². The van der Waals surface area contributed by atoms with E-state index in [2.05, 4.69) is 38.0 Å². The van der Waals surface area contributed by atoms with Crippen LogP contribution in [0.5, 0.6) is 0 Å². The summed E-state index contributed by atoms with van der Waals surface area (Å²) in [7, 11) is 2.07. The lowest BCUT2D eigenvalue weighted by molar-refractivity contribution is 0.169. The molecule has 0 amide bonds. The first-order valence-electron chi connectivity index (χ1n) is 6.59. The fourth-order valence-corrected chi connectivity index (χ4v) is 2.21. The minimum absolute atomic E-state index is 0.751. The third kappa shape index (κ3) is 4.52. The van der Waals surface area contributed by atoms with Crippen molar-refractivity contribution in [3.05, 3.63) is 0 Å². The zero-order chi connectivity index (χ0) is 11.3. The largest absolute Gasteiger partial charge is 0.318 e. The lowest BCUT2D eigenvalue weighted by atomic mass is 10.1. The molecule has 1 N–H and O–H groups in total. The molecule has 1 saturated carbocycles. The highest BCUT2D eigenvalue weighted by molar-refractivity contribution is 4.89. The van der Waals surface area contributed by atoms with E-state index >= 15 is 0 Å². The van der Waals surface area contributed by atoms with Crippen LogP contribution in [0.25, 0.3) is 0 Å². The standard InChI is InChI=1S/C13H28N2/c1-5-12(10-14-4)15(13-6-7-13)9-8-11(2)3/h11-14H,5-10H2,1-4H3. The van der Waals surface area contributed by atoms with Crippen molar-refractivity contribution >= 4 is 0 Å². The van der Waals surface area contributed by atoms with E-state index in [1.807, 2.05) is 0 Å². The van der Waals surface area contributed by atoms with E-state index in [9.17, 15) is 0 Å². The molecule has 0 spiro atoms. The second-order valence-corrected chi connectivity index (χ2v) is 5.27. The molecule has 0 radical (unpaired) electrons. The highest BCUT2D eigenvalue weighted by Crippen LogP contribution is 2.29. The fourth-order valence-electron chi connectivity index (χ4n) is 2.21. The van der Waals surface area contributed by atoms with Crippen LogP contribution in [0.4, 0.5) is 0 Å². The van der Waals surface area contributed by atoms with Crippen LogP contribution in [0.2, 0.25) is 0 Å². The first kappa shape index (κ1) is 13.0. The van der Waals surface area contributed by atoms with Gasteiger partial charge in [0.1, 0.15) is 0 Å². The van der Waals surface area contributed by atoms with Gasteiger partial charge in [0.05, 0.1) is 0 Å². The Labute approximate surface area is 95.4 Å². The summed E-state index contributed by atoms with van der Waals surface area (Å²) < 4.78 is 0. The fraction of sp³-hybridized carbons (Fsp3) is 1.00. The lowest BCUT2D eigenvalue weighted by Gasteiger charge is -2.31. The maximum atomic E-state index is 3.33. The molecule has 0 aromatic rings. The highest BCUT2D eigenvalue weighted by Gasteiger charge is 2.32. The summed E-state index contributed by atoms with van der Waals surface area (Å²) in [5.74, 6) is 0.832. The Bertz CT molecular complexity index is 164. The van der Waals surface area contributed by atoms with Gasteiger partial charge >= 0.3 is 0 Å². The van der Waals surface area contributed by atoms with E-state index in [0.29, 0.717) is 0 Å². The van der Waals surface area contributed by atoms with Gasteiger partial charge in [0, 0.05) is 18.6 Å². The molecule has 90 valence electrons. The molecule has 1 rings (SSSR count). The molecule has 1 atom stereocenters. The van der Waals surface area contributed by atoms with Crippen molar-refractivity contribution in [3.63, 3.8) is 0 Å². The molecule has 0 bridgehead atoms. The minimum Gasteiger partial charge on any atom is -0.318 e. The van der Waals surface area contributed by atoms with Crippen LogP contribution in [0.3, 0.4) is 0 Å². The summed E-state index contributed by atoms with van der Waals surface area (Å²) in [4.78, 5) is 2.75. The first-order valence-corrected chi connectivity index (χ1v) is 6.59. The Hall–Kier alpha value is -0.0800. The molecule has 0 saturated heterocycles. The second-order valence-electron chi connectivity index (χ2n) is 5.27. The third-order valence-electron chi connectivity index (χ3n) is 3.36. The quantitative estimate of drug-likeness (QED) is 0.665. The number of hydrogen-bond acceptors (Lipinski definition) is 2. The van der Waals surface area contributed by atoms with Gasteiger partial charge in [-0.15, -0.1) is 0 Å². The van der Waals surface area contributed by atoms with Crippen LogP contribution in [-0.2, 0) is 0 Å². The summed E-state index contributed by atoms with van der Waals surface area (Å²) in [6.45, 7) is 9.40. The Balaban J connectivity index is 2.39. The van der Waals surface area contributed by atoms with E-state index < -0.39 is 0 Å². The van der Waals surface area contributed by atoms with Crippen molar-refractivity contribution in [3.8, 4) is 0 Å². The van der Waals surface area contributed by atoms with Gasteiger partial charge in [-0.3, -0.25) is 4.90 Å². The number of nitrogens with zero attached hydrogens (tertiary/aromatic N) is 1. The van der Waals surface area contributed by atoms with Crippen LogP contribution in [0.1, 0.15) is 46.5 Å². The van der Waals surface area contributed by atoms with Crippen molar-refractivity contribution in [1.82, 2.24) is 10.2 Å². The highest BCUT2D eigenvalue weighted by atomic mass is 15.2. The van der Waals surface area contributed by atoms with Crippen LogP contribution < -0.4 is 5.32 Å². The van der Waals surface area contributed by atoms with Gasteiger partial charge in [0.15, 0.2) is 0 Å². The Morgan fingerprint density at radius 3 is 2.40 bits per heavy atom. The number of likely N-dealkylation sites (N-methyl/N-ethyl adjacent to an activating group) is 1. The van der Waals surface area contributed by atoms with Gasteiger partial charge in [-0.25, -0.2) is 0 Å². The van der Waals surface area contributed by atoms with Crippen LogP contribution in [0, 0.1) is 5.92 Å². The van der Waals surface area contributed by atoms with Gasteiger partial charge in [0.25, 0.3) is 0 Å². The summed E-state index contributed by atoms with van der Waals surface area (Å²) in [6, 6.07) is 1.66. The molecular formula is C13H28N2. The van der Waals surface area contributed by atoms with Crippen LogP contribution in [-0.4, -0.2) is 37.1 Å². The van der Waals surface area contributed by atoms with Gasteiger partial charge in [-0.1, -0.05) is 20.8 Å². The molecule has 15 heavy (non-hydrogen) atoms. The van der Waals surface area contributed by atoms with Gasteiger partial charge in [-0.05, 0) is 45.2 Å². The topological polar surface area (TPSA) is 15.3 Å². The van der Waals surface area contributed by atoms with E-state index in [4.69, 9.17) is 0 Å². The summed E-state index contributed by atoms with van der Waals surface area (Å²) in [6.07, 6.45) is 5.47. The number of hydrogen-bond donors (Lipinski definition) is 1. The lowest BCUT2D eigenvalue weighted by Crippen LogP contribution is -2.43. The number of nitrogens with one attached hydrogen (secondary N) is 1. The molecule has 0 aliphatic heterocycles. The average molecular weight is 212 g/mol. The smallest absolute Gasteiger partial charge is 0.0220 e. The molecule has 2 heteroatoms. The summed E-state index contributed by atoms with van der Waals surface area (Å²) in [5, 5.41) is 3.33. The third-order valence-corrected chi connectivity index (χ3v) is 3.36. The van der Waals surface area contributed by atoms with Crippen molar-refractivity contribution in [2.45, 2.75) is 58.5 Å². The molecule has 0 aromatic carbocycles. The van der Waals surface area contributed by atoms with E-state index in [1.165, 1.54) is 32.2 Å². The zero-order valence-corrected chi connectivity index (χ0v) is 10.9. The van der Waals surface area contributed by atoms with E-state index in [-0.39, 0.29) is 0 Å². The summed E-state index contributed by atoms with van der Waals surface area (Å²) >= 11 is 0. The predicted octanol–water partition coefficient (Wildman–Crippen LogP) is 2.49. The summed E-state index contributed by atoms with van der Waals surface area (Å²) in [5.41, 5.74) is 0. The molecule has 2 nitrogen and oxygen atoms in total. The minimum atomic E-state index is 0.751. The number of rotatable bonds is 8. The molecule has 0 aromatic heterocycles. The Morgan fingerprint density at radius 2 is 2.00 bits per heavy atom. The maximum absolute atomic E-state index is 3.33. The average Bonchev–Trinajstić information content (AvgIpc) is 3.00. The monoisotopic (exact) mass is 212 g/mol. The van der Waals surface area contributed by atoms with Crippen molar-refractivity contribution in [2.24, 2.45) is 5.92 Å². The molecule has 1 aliphatic rings. The normalized spacial score (nSPS) is 18.8. The Morgan fingerprint density at radius 1 is 1.33 bits per heavy atom. The zero-order valence-electron chi connectivity index (χ0n) is 10.9. The predicted molar refractivity (Wildman–Crippen MR) is 67.2 cm³/mol. The first-order chi connectivity index (χ1) is 7.19. The van der Waals surface area contributed by atoms with Gasteiger partial charge in [-0.2, -0.15) is 0 Å². The SMILES string of the molecule is CCC(CNC)N(CCC(C)C)C1CC1. The van der Waals surface area contributed by atoms with Crippen LogP contribution in [0.15, 0.2) is 0 Å².